The third kappa shape index (κ3) is 3.95. The minimum absolute atomic E-state index is 0.185. The summed E-state index contributed by atoms with van der Waals surface area (Å²) in [4.78, 5) is 16.3. The molecule has 1 aromatic carbocycles. The van der Waals surface area contributed by atoms with Gasteiger partial charge in [0, 0.05) is 27.7 Å². The van der Waals surface area contributed by atoms with Crippen LogP contribution in [0.15, 0.2) is 24.3 Å². The van der Waals surface area contributed by atoms with Crippen molar-refractivity contribution in [3.8, 4) is 5.75 Å². The lowest BCUT2D eigenvalue weighted by Gasteiger charge is -2.19. The largest absolute Gasteiger partial charge is 0.497 e. The quantitative estimate of drug-likeness (QED) is 0.844. The van der Waals surface area contributed by atoms with E-state index in [1.54, 1.807) is 12.0 Å². The van der Waals surface area contributed by atoms with Gasteiger partial charge in [0.05, 0.1) is 7.11 Å². The lowest BCUT2D eigenvalue weighted by Crippen LogP contribution is -2.22. The Kier molecular flexibility index (Phi) is 4.80. The number of methoxy groups -OCH3 is 1. The topological polar surface area (TPSA) is 54.4 Å². The predicted molar refractivity (Wildman–Crippen MR) is 84.3 cm³/mol. The number of benzene rings is 1. The Morgan fingerprint density at radius 1 is 1.00 bits per heavy atom. The first-order chi connectivity index (χ1) is 9.99. The molecule has 21 heavy (non-hydrogen) atoms. The highest BCUT2D eigenvalue weighted by Crippen LogP contribution is 2.17. The van der Waals surface area contributed by atoms with Crippen LogP contribution >= 0.6 is 11.6 Å². The monoisotopic (exact) mass is 307 g/mol. The van der Waals surface area contributed by atoms with Crippen LogP contribution in [0.4, 0.5) is 11.9 Å². The zero-order valence-corrected chi connectivity index (χ0v) is 13.3. The van der Waals surface area contributed by atoms with Gasteiger partial charge in [-0.25, -0.2) is 0 Å². The average molecular weight is 308 g/mol. The van der Waals surface area contributed by atoms with Gasteiger partial charge in [-0.15, -0.1) is 0 Å². The molecule has 0 aliphatic heterocycles. The van der Waals surface area contributed by atoms with E-state index in [4.69, 9.17) is 16.3 Å². The minimum atomic E-state index is 0.185. The Hall–Kier alpha value is -2.08. The lowest BCUT2D eigenvalue weighted by molar-refractivity contribution is 0.414. The molecule has 0 radical (unpaired) electrons. The van der Waals surface area contributed by atoms with Crippen molar-refractivity contribution in [2.45, 2.75) is 6.54 Å². The maximum Gasteiger partial charge on any atom is 0.231 e. The average Bonchev–Trinajstić information content (AvgIpc) is 2.47. The van der Waals surface area contributed by atoms with Crippen LogP contribution in [0.5, 0.6) is 5.75 Å². The van der Waals surface area contributed by atoms with E-state index in [1.807, 2.05) is 50.3 Å². The Morgan fingerprint density at radius 2 is 1.62 bits per heavy atom. The van der Waals surface area contributed by atoms with Gasteiger partial charge in [0.15, 0.2) is 0 Å². The highest BCUT2D eigenvalue weighted by molar-refractivity contribution is 6.28. The maximum atomic E-state index is 5.95. The molecule has 0 amide bonds. The summed E-state index contributed by atoms with van der Waals surface area (Å²) < 4.78 is 5.15. The van der Waals surface area contributed by atoms with Crippen LogP contribution < -0.4 is 14.5 Å². The van der Waals surface area contributed by atoms with Crippen molar-refractivity contribution in [1.29, 1.82) is 0 Å². The molecule has 0 bridgehead atoms. The first-order valence-electron chi connectivity index (χ1n) is 6.42. The SMILES string of the molecule is COc1ccc(CN(C)c2nc(Cl)nc(N(C)C)n2)cc1. The number of hydrogen-bond donors (Lipinski definition) is 0. The molecule has 0 aliphatic carbocycles. The van der Waals surface area contributed by atoms with E-state index >= 15 is 0 Å². The Bertz CT molecular complexity index is 603. The van der Waals surface area contributed by atoms with E-state index in [9.17, 15) is 0 Å². The van der Waals surface area contributed by atoms with Crippen LogP contribution in [0.2, 0.25) is 5.28 Å². The summed E-state index contributed by atoms with van der Waals surface area (Å²) in [5, 5.41) is 0.185. The van der Waals surface area contributed by atoms with E-state index < -0.39 is 0 Å². The standard InChI is InChI=1S/C14H18ClN5O/c1-19(2)13-16-12(15)17-14(18-13)20(3)9-10-5-7-11(21-4)8-6-10/h5-8H,9H2,1-4H3. The lowest BCUT2D eigenvalue weighted by atomic mass is 10.2. The number of nitrogens with zero attached hydrogens (tertiary/aromatic N) is 5. The molecule has 0 unspecified atom stereocenters. The molecule has 0 atom stereocenters. The Morgan fingerprint density at radius 3 is 2.19 bits per heavy atom. The zero-order valence-electron chi connectivity index (χ0n) is 12.5. The number of halogens is 1. The number of hydrogen-bond acceptors (Lipinski definition) is 6. The third-order valence-corrected chi connectivity index (χ3v) is 3.07. The molecule has 7 heteroatoms. The van der Waals surface area contributed by atoms with Crippen molar-refractivity contribution in [2.75, 3.05) is 38.1 Å². The van der Waals surface area contributed by atoms with Crippen LogP contribution in [0.1, 0.15) is 5.56 Å². The van der Waals surface area contributed by atoms with Gasteiger partial charge < -0.3 is 14.5 Å². The third-order valence-electron chi connectivity index (χ3n) is 2.90. The molecule has 2 rings (SSSR count). The van der Waals surface area contributed by atoms with E-state index in [-0.39, 0.29) is 5.28 Å². The molecule has 1 aromatic heterocycles. The fourth-order valence-corrected chi connectivity index (χ4v) is 1.93. The normalized spacial score (nSPS) is 10.3. The summed E-state index contributed by atoms with van der Waals surface area (Å²) in [6.07, 6.45) is 0. The summed E-state index contributed by atoms with van der Waals surface area (Å²) in [6, 6.07) is 7.86. The van der Waals surface area contributed by atoms with Crippen molar-refractivity contribution in [3.05, 3.63) is 35.1 Å². The van der Waals surface area contributed by atoms with Crippen LogP contribution in [0.25, 0.3) is 0 Å². The summed E-state index contributed by atoms with van der Waals surface area (Å²) in [6.45, 7) is 0.664. The Balaban J connectivity index is 2.17. The summed E-state index contributed by atoms with van der Waals surface area (Å²) in [7, 11) is 7.28. The van der Waals surface area contributed by atoms with E-state index in [2.05, 4.69) is 15.0 Å². The molecule has 0 saturated heterocycles. The summed E-state index contributed by atoms with van der Waals surface area (Å²) >= 11 is 5.95. The number of rotatable bonds is 5. The van der Waals surface area contributed by atoms with Crippen LogP contribution in [0.3, 0.4) is 0 Å². The maximum absolute atomic E-state index is 5.95. The van der Waals surface area contributed by atoms with Gasteiger partial charge in [-0.05, 0) is 29.3 Å². The van der Waals surface area contributed by atoms with Crippen molar-refractivity contribution < 1.29 is 4.74 Å². The summed E-state index contributed by atoms with van der Waals surface area (Å²) in [5.41, 5.74) is 1.13. The second-order valence-corrected chi connectivity index (χ2v) is 5.14. The molecule has 0 saturated carbocycles. The molecule has 6 nitrogen and oxygen atoms in total. The van der Waals surface area contributed by atoms with Crippen molar-refractivity contribution in [2.24, 2.45) is 0 Å². The first kappa shape index (κ1) is 15.3. The zero-order chi connectivity index (χ0) is 15.4. The highest BCUT2D eigenvalue weighted by Gasteiger charge is 2.11. The van der Waals surface area contributed by atoms with Crippen molar-refractivity contribution in [3.63, 3.8) is 0 Å². The number of anilines is 2. The summed E-state index contributed by atoms with van der Waals surface area (Å²) in [5.74, 6) is 1.90. The molecular weight excluding hydrogens is 290 g/mol. The van der Waals surface area contributed by atoms with Crippen LogP contribution in [0, 0.1) is 0 Å². The molecule has 0 N–H and O–H groups in total. The van der Waals surface area contributed by atoms with E-state index in [0.29, 0.717) is 18.4 Å². The minimum Gasteiger partial charge on any atom is -0.497 e. The first-order valence-corrected chi connectivity index (χ1v) is 6.80. The van der Waals surface area contributed by atoms with Crippen LogP contribution in [-0.4, -0.2) is 43.2 Å². The predicted octanol–water partition coefficient (Wildman–Crippen LogP) is 2.24. The molecule has 2 aromatic rings. The fourth-order valence-electron chi connectivity index (χ4n) is 1.78. The van der Waals surface area contributed by atoms with Gasteiger partial charge in [0.1, 0.15) is 5.75 Å². The molecule has 112 valence electrons. The molecular formula is C14H18ClN5O. The number of aromatic nitrogens is 3. The second kappa shape index (κ2) is 6.58. The van der Waals surface area contributed by atoms with Gasteiger partial charge in [-0.3, -0.25) is 0 Å². The molecule has 0 spiro atoms. The van der Waals surface area contributed by atoms with Crippen molar-refractivity contribution in [1.82, 2.24) is 15.0 Å². The van der Waals surface area contributed by atoms with Crippen molar-refractivity contribution >= 4 is 23.5 Å². The van der Waals surface area contributed by atoms with E-state index in [0.717, 1.165) is 11.3 Å². The molecule has 0 aliphatic rings. The van der Waals surface area contributed by atoms with Gasteiger partial charge in [0.25, 0.3) is 0 Å². The smallest absolute Gasteiger partial charge is 0.231 e. The highest BCUT2D eigenvalue weighted by atomic mass is 35.5. The van der Waals surface area contributed by atoms with Crippen LogP contribution in [-0.2, 0) is 6.54 Å². The van der Waals surface area contributed by atoms with Gasteiger partial charge >= 0.3 is 0 Å². The molecule has 1 heterocycles. The number of ether oxygens (including phenoxy) is 1. The molecule has 0 fully saturated rings. The Labute approximate surface area is 129 Å². The fraction of sp³-hybridized carbons (Fsp3) is 0.357. The second-order valence-electron chi connectivity index (χ2n) is 4.80. The van der Waals surface area contributed by atoms with E-state index in [1.165, 1.54) is 0 Å². The van der Waals surface area contributed by atoms with Gasteiger partial charge in [0.2, 0.25) is 17.2 Å². The van der Waals surface area contributed by atoms with Gasteiger partial charge in [-0.1, -0.05) is 12.1 Å². The van der Waals surface area contributed by atoms with Gasteiger partial charge in [-0.2, -0.15) is 15.0 Å².